The van der Waals surface area contributed by atoms with E-state index < -0.39 is 0 Å². The standard InChI is InChI=1S/C12H22O/c1-3-4-7-12(2)8-5-6-11(9-12)10-13/h4,7,11,13H,3,5-6,8-10H2,1-2H3/b7-4-. The van der Waals surface area contributed by atoms with E-state index in [0.717, 1.165) is 6.42 Å². The summed E-state index contributed by atoms with van der Waals surface area (Å²) in [7, 11) is 0. The zero-order valence-electron chi connectivity index (χ0n) is 8.92. The van der Waals surface area contributed by atoms with E-state index in [1.807, 2.05) is 0 Å². The molecule has 1 aliphatic carbocycles. The highest BCUT2D eigenvalue weighted by atomic mass is 16.3. The summed E-state index contributed by atoms with van der Waals surface area (Å²) in [6.45, 7) is 4.86. The third-order valence-corrected chi connectivity index (χ3v) is 3.13. The molecule has 1 fully saturated rings. The Bertz CT molecular complexity index is 174. The van der Waals surface area contributed by atoms with Gasteiger partial charge in [0, 0.05) is 6.61 Å². The van der Waals surface area contributed by atoms with E-state index in [1.54, 1.807) is 0 Å². The fraction of sp³-hybridized carbons (Fsp3) is 0.833. The van der Waals surface area contributed by atoms with Crippen molar-refractivity contribution in [2.45, 2.75) is 46.0 Å². The molecule has 0 aromatic carbocycles. The molecule has 0 aromatic heterocycles. The molecule has 76 valence electrons. The van der Waals surface area contributed by atoms with Gasteiger partial charge in [-0.05, 0) is 37.0 Å². The van der Waals surface area contributed by atoms with Crippen LogP contribution in [0.25, 0.3) is 0 Å². The zero-order chi connectivity index (χ0) is 9.73. The minimum absolute atomic E-state index is 0.363. The monoisotopic (exact) mass is 182 g/mol. The first-order valence-corrected chi connectivity index (χ1v) is 5.49. The summed E-state index contributed by atoms with van der Waals surface area (Å²) in [4.78, 5) is 0. The van der Waals surface area contributed by atoms with E-state index in [0.29, 0.717) is 17.9 Å². The molecule has 0 bridgehead atoms. The van der Waals surface area contributed by atoms with Gasteiger partial charge in [-0.25, -0.2) is 0 Å². The predicted octanol–water partition coefficient (Wildman–Crippen LogP) is 3.14. The van der Waals surface area contributed by atoms with Crippen LogP contribution in [0.1, 0.15) is 46.0 Å². The highest BCUT2D eigenvalue weighted by molar-refractivity contribution is 4.99. The Kier molecular flexibility index (Phi) is 3.98. The first-order chi connectivity index (χ1) is 6.20. The van der Waals surface area contributed by atoms with Crippen molar-refractivity contribution in [3.63, 3.8) is 0 Å². The molecule has 1 nitrogen and oxygen atoms in total. The maximum atomic E-state index is 9.12. The second kappa shape index (κ2) is 4.80. The van der Waals surface area contributed by atoms with Gasteiger partial charge < -0.3 is 5.11 Å². The van der Waals surface area contributed by atoms with Crippen LogP contribution in [0.15, 0.2) is 12.2 Å². The minimum atomic E-state index is 0.363. The molecule has 1 heteroatoms. The van der Waals surface area contributed by atoms with Crippen LogP contribution in [-0.4, -0.2) is 11.7 Å². The molecular weight excluding hydrogens is 160 g/mol. The van der Waals surface area contributed by atoms with Gasteiger partial charge in [-0.2, -0.15) is 0 Å². The van der Waals surface area contributed by atoms with Crippen molar-refractivity contribution in [2.24, 2.45) is 11.3 Å². The summed E-state index contributed by atoms with van der Waals surface area (Å²) in [5.41, 5.74) is 0.363. The number of hydrogen-bond acceptors (Lipinski definition) is 1. The Hall–Kier alpha value is -0.300. The third kappa shape index (κ3) is 3.15. The van der Waals surface area contributed by atoms with Crippen LogP contribution in [0.4, 0.5) is 0 Å². The number of allylic oxidation sites excluding steroid dienone is 2. The van der Waals surface area contributed by atoms with E-state index in [9.17, 15) is 0 Å². The lowest BCUT2D eigenvalue weighted by atomic mass is 9.71. The molecule has 0 spiro atoms. The van der Waals surface area contributed by atoms with Crippen LogP contribution < -0.4 is 0 Å². The summed E-state index contributed by atoms with van der Waals surface area (Å²) in [5.74, 6) is 0.542. The highest BCUT2D eigenvalue weighted by Crippen LogP contribution is 2.40. The normalized spacial score (nSPS) is 35.5. The lowest BCUT2D eigenvalue weighted by Gasteiger charge is -2.35. The lowest BCUT2D eigenvalue weighted by Crippen LogP contribution is -2.25. The zero-order valence-corrected chi connectivity index (χ0v) is 8.92. The summed E-state index contributed by atoms with van der Waals surface area (Å²) >= 11 is 0. The van der Waals surface area contributed by atoms with E-state index in [1.165, 1.54) is 25.7 Å². The number of aliphatic hydroxyl groups is 1. The van der Waals surface area contributed by atoms with Gasteiger partial charge in [-0.15, -0.1) is 0 Å². The molecule has 0 amide bonds. The van der Waals surface area contributed by atoms with Crippen LogP contribution in [0.3, 0.4) is 0 Å². The Labute approximate surface area is 81.9 Å². The molecule has 2 atom stereocenters. The Morgan fingerprint density at radius 2 is 2.31 bits per heavy atom. The van der Waals surface area contributed by atoms with Crippen LogP contribution in [0, 0.1) is 11.3 Å². The third-order valence-electron chi connectivity index (χ3n) is 3.13. The fourth-order valence-electron chi connectivity index (χ4n) is 2.37. The first-order valence-electron chi connectivity index (χ1n) is 5.49. The molecule has 0 aliphatic heterocycles. The molecule has 13 heavy (non-hydrogen) atoms. The number of rotatable bonds is 3. The van der Waals surface area contributed by atoms with Crippen molar-refractivity contribution in [1.82, 2.24) is 0 Å². The first kappa shape index (κ1) is 10.8. The summed E-state index contributed by atoms with van der Waals surface area (Å²) in [6, 6.07) is 0. The molecule has 2 unspecified atom stereocenters. The predicted molar refractivity (Wildman–Crippen MR) is 56.6 cm³/mol. The number of aliphatic hydroxyl groups excluding tert-OH is 1. The Balaban J connectivity index is 2.51. The van der Waals surface area contributed by atoms with Crippen LogP contribution in [0.5, 0.6) is 0 Å². The molecule has 0 saturated heterocycles. The second-order valence-electron chi connectivity index (χ2n) is 4.61. The molecule has 1 aliphatic rings. The Morgan fingerprint density at radius 1 is 1.54 bits per heavy atom. The van der Waals surface area contributed by atoms with E-state index >= 15 is 0 Å². The summed E-state index contributed by atoms with van der Waals surface area (Å²) in [6.07, 6.45) is 10.7. The Morgan fingerprint density at radius 3 is 2.92 bits per heavy atom. The maximum Gasteiger partial charge on any atom is 0.0459 e. The van der Waals surface area contributed by atoms with Gasteiger partial charge in [0.15, 0.2) is 0 Å². The summed E-state index contributed by atoms with van der Waals surface area (Å²) < 4.78 is 0. The van der Waals surface area contributed by atoms with Gasteiger partial charge in [0.25, 0.3) is 0 Å². The topological polar surface area (TPSA) is 20.2 Å². The van der Waals surface area contributed by atoms with Crippen molar-refractivity contribution in [1.29, 1.82) is 0 Å². The molecule has 1 saturated carbocycles. The minimum Gasteiger partial charge on any atom is -0.396 e. The van der Waals surface area contributed by atoms with Crippen LogP contribution in [-0.2, 0) is 0 Å². The number of hydrogen-bond donors (Lipinski definition) is 1. The molecule has 1 N–H and O–H groups in total. The molecule has 1 rings (SSSR count). The van der Waals surface area contributed by atoms with Crippen molar-refractivity contribution in [2.75, 3.05) is 6.61 Å². The highest BCUT2D eigenvalue weighted by Gasteiger charge is 2.29. The molecule has 0 aromatic rings. The van der Waals surface area contributed by atoms with Gasteiger partial charge in [-0.3, -0.25) is 0 Å². The van der Waals surface area contributed by atoms with Crippen LogP contribution >= 0.6 is 0 Å². The van der Waals surface area contributed by atoms with Crippen molar-refractivity contribution in [3.05, 3.63) is 12.2 Å². The smallest absolute Gasteiger partial charge is 0.0459 e. The van der Waals surface area contributed by atoms with Crippen molar-refractivity contribution >= 4 is 0 Å². The van der Waals surface area contributed by atoms with E-state index in [4.69, 9.17) is 5.11 Å². The molecule has 0 radical (unpaired) electrons. The lowest BCUT2D eigenvalue weighted by molar-refractivity contribution is 0.135. The van der Waals surface area contributed by atoms with Gasteiger partial charge >= 0.3 is 0 Å². The second-order valence-corrected chi connectivity index (χ2v) is 4.61. The maximum absolute atomic E-state index is 9.12. The van der Waals surface area contributed by atoms with Gasteiger partial charge in [0.2, 0.25) is 0 Å². The van der Waals surface area contributed by atoms with Gasteiger partial charge in [-0.1, -0.05) is 32.4 Å². The van der Waals surface area contributed by atoms with E-state index in [2.05, 4.69) is 26.0 Å². The average Bonchev–Trinajstić information content (AvgIpc) is 2.15. The molecular formula is C12H22O. The quantitative estimate of drug-likeness (QED) is 0.665. The van der Waals surface area contributed by atoms with E-state index in [-0.39, 0.29) is 0 Å². The van der Waals surface area contributed by atoms with Crippen molar-refractivity contribution in [3.8, 4) is 0 Å². The SMILES string of the molecule is CC/C=C\C1(C)CCCC(CO)C1. The molecule has 0 heterocycles. The average molecular weight is 182 g/mol. The van der Waals surface area contributed by atoms with Gasteiger partial charge in [0.1, 0.15) is 0 Å². The van der Waals surface area contributed by atoms with Crippen LogP contribution in [0.2, 0.25) is 0 Å². The summed E-state index contributed by atoms with van der Waals surface area (Å²) in [5, 5.41) is 9.12. The fourth-order valence-corrected chi connectivity index (χ4v) is 2.37. The van der Waals surface area contributed by atoms with Gasteiger partial charge in [0.05, 0.1) is 0 Å². The largest absolute Gasteiger partial charge is 0.396 e. The van der Waals surface area contributed by atoms with Crippen molar-refractivity contribution < 1.29 is 5.11 Å².